The van der Waals surface area contributed by atoms with Crippen LogP contribution in [0.25, 0.3) is 22.3 Å². The van der Waals surface area contributed by atoms with Gasteiger partial charge in [0, 0.05) is 88.1 Å². The summed E-state index contributed by atoms with van der Waals surface area (Å²) in [5, 5.41) is 10.5. The monoisotopic (exact) mass is 664 g/mol. The maximum Gasteiger partial charge on any atom is 0.274 e. The number of carbonyl (C=O) groups excluding carboxylic acids is 2. The number of nitrogens with one attached hydrogen (secondary N) is 4. The second-order valence-corrected chi connectivity index (χ2v) is 13.0. The number of rotatable bonds is 10. The van der Waals surface area contributed by atoms with E-state index < -0.39 is 0 Å². The summed E-state index contributed by atoms with van der Waals surface area (Å²) >= 11 is 0. The van der Waals surface area contributed by atoms with Crippen LogP contribution in [0, 0.1) is 0 Å². The van der Waals surface area contributed by atoms with E-state index in [-0.39, 0.29) is 17.9 Å². The van der Waals surface area contributed by atoms with Gasteiger partial charge in [-0.25, -0.2) is 9.97 Å². The van der Waals surface area contributed by atoms with Crippen LogP contribution in [0.4, 0.5) is 11.5 Å². The average Bonchev–Trinajstić information content (AvgIpc) is 3.58. The lowest BCUT2D eigenvalue weighted by Crippen LogP contribution is -2.49. The Morgan fingerprint density at radius 2 is 1.78 bits per heavy atom. The summed E-state index contributed by atoms with van der Waals surface area (Å²) in [5.41, 5.74) is 5.34. The number of aromatic amines is 1. The van der Waals surface area contributed by atoms with Gasteiger partial charge in [-0.2, -0.15) is 0 Å². The molecule has 3 saturated heterocycles. The molecule has 0 spiro atoms. The van der Waals surface area contributed by atoms with Gasteiger partial charge in [0.15, 0.2) is 0 Å². The molecule has 0 aliphatic carbocycles. The van der Waals surface area contributed by atoms with Crippen molar-refractivity contribution in [2.75, 3.05) is 82.3 Å². The van der Waals surface area contributed by atoms with Crippen LogP contribution >= 0.6 is 0 Å². The molecule has 49 heavy (non-hydrogen) atoms. The van der Waals surface area contributed by atoms with Crippen molar-refractivity contribution in [3.8, 4) is 11.3 Å². The third kappa shape index (κ3) is 8.14. The van der Waals surface area contributed by atoms with Crippen LogP contribution in [0.2, 0.25) is 0 Å². The fourth-order valence-corrected chi connectivity index (χ4v) is 6.81. The predicted octanol–water partition coefficient (Wildman–Crippen LogP) is 2.65. The second-order valence-electron chi connectivity index (χ2n) is 13.0. The number of carbonyl (C=O) groups is 2. The molecule has 1 aromatic carbocycles. The summed E-state index contributed by atoms with van der Waals surface area (Å²) in [6.07, 6.45) is 5.20. The van der Waals surface area contributed by atoms with E-state index >= 15 is 0 Å². The highest BCUT2D eigenvalue weighted by molar-refractivity contribution is 6.03. The summed E-state index contributed by atoms with van der Waals surface area (Å²) < 4.78 is 5.50. The number of nitrogens with zero attached hydrogens (tertiary/aromatic N) is 6. The molecule has 13 nitrogen and oxygen atoms in total. The molecule has 7 rings (SSSR count). The molecule has 6 heterocycles. The van der Waals surface area contributed by atoms with Crippen LogP contribution in [0.15, 0.2) is 67.1 Å². The maximum atomic E-state index is 13.2. The Hall–Kier alpha value is -4.69. The van der Waals surface area contributed by atoms with Crippen LogP contribution in [0.3, 0.4) is 0 Å². The van der Waals surface area contributed by atoms with Crippen molar-refractivity contribution in [1.82, 2.24) is 40.4 Å². The summed E-state index contributed by atoms with van der Waals surface area (Å²) in [6.45, 7) is 13.7. The topological polar surface area (TPSA) is 144 Å². The number of hydrogen-bond acceptors (Lipinski definition) is 10. The first-order valence-corrected chi connectivity index (χ1v) is 17.2. The number of fused-ring (bicyclic) bond motifs is 1. The SMILES string of the molecule is C=C(CN1CCNCC1)C(=O)N[C@@H]1CCCN(Cc2ccnc(C(=O)Nc3ccc(-c4cc5c(N6CCOCC6)ncnc5[nH]4)cc3)c2)C1. The van der Waals surface area contributed by atoms with Crippen LogP contribution in [-0.4, -0.2) is 120 Å². The number of hydrogen-bond donors (Lipinski definition) is 4. The molecule has 0 bridgehead atoms. The van der Waals surface area contributed by atoms with E-state index in [2.05, 4.69) is 63.2 Å². The predicted molar refractivity (Wildman–Crippen MR) is 189 cm³/mol. The van der Waals surface area contributed by atoms with Crippen molar-refractivity contribution in [3.05, 3.63) is 78.4 Å². The molecule has 256 valence electrons. The third-order valence-electron chi connectivity index (χ3n) is 9.42. The molecule has 3 aromatic heterocycles. The summed E-state index contributed by atoms with van der Waals surface area (Å²) in [5.74, 6) is 0.580. The fraction of sp³-hybridized carbons (Fsp3) is 0.417. The van der Waals surface area contributed by atoms with Gasteiger partial charge in [0.1, 0.15) is 23.5 Å². The Morgan fingerprint density at radius 1 is 0.959 bits per heavy atom. The van der Waals surface area contributed by atoms with E-state index in [1.807, 2.05) is 36.4 Å². The number of amides is 2. The summed E-state index contributed by atoms with van der Waals surface area (Å²) in [4.78, 5) is 49.7. The van der Waals surface area contributed by atoms with Crippen molar-refractivity contribution >= 4 is 34.4 Å². The van der Waals surface area contributed by atoms with E-state index in [4.69, 9.17) is 4.74 Å². The molecule has 1 atom stereocenters. The Morgan fingerprint density at radius 3 is 2.59 bits per heavy atom. The van der Waals surface area contributed by atoms with Gasteiger partial charge in [0.05, 0.1) is 18.6 Å². The first kappa shape index (κ1) is 32.8. The Labute approximate surface area is 286 Å². The lowest BCUT2D eigenvalue weighted by Gasteiger charge is -2.33. The normalized spacial score (nSPS) is 19.1. The number of likely N-dealkylation sites (tertiary alicyclic amines) is 1. The number of pyridine rings is 1. The molecular formula is C36H44N10O3. The van der Waals surface area contributed by atoms with Crippen molar-refractivity contribution in [2.24, 2.45) is 0 Å². The fourth-order valence-electron chi connectivity index (χ4n) is 6.81. The van der Waals surface area contributed by atoms with Crippen LogP contribution in [0.1, 0.15) is 28.9 Å². The number of anilines is 2. The highest BCUT2D eigenvalue weighted by Gasteiger charge is 2.24. The zero-order valence-electron chi connectivity index (χ0n) is 27.8. The lowest BCUT2D eigenvalue weighted by molar-refractivity contribution is -0.118. The number of H-pyrrole nitrogens is 1. The van der Waals surface area contributed by atoms with E-state index in [1.54, 1.807) is 12.5 Å². The third-order valence-corrected chi connectivity index (χ3v) is 9.42. The quantitative estimate of drug-likeness (QED) is 0.187. The highest BCUT2D eigenvalue weighted by Crippen LogP contribution is 2.30. The number of benzene rings is 1. The van der Waals surface area contributed by atoms with Crippen molar-refractivity contribution < 1.29 is 14.3 Å². The number of piperidine rings is 1. The van der Waals surface area contributed by atoms with Crippen molar-refractivity contribution in [2.45, 2.75) is 25.4 Å². The van der Waals surface area contributed by atoms with E-state index in [0.29, 0.717) is 43.3 Å². The lowest BCUT2D eigenvalue weighted by atomic mass is 10.0. The molecule has 2 amide bonds. The molecule has 3 aliphatic heterocycles. The number of morpholine rings is 1. The Bertz CT molecular complexity index is 1780. The van der Waals surface area contributed by atoms with Gasteiger partial charge in [-0.1, -0.05) is 18.7 Å². The standard InChI is InChI=1S/C36H44N10O3/c1-25(21-44-13-10-37-11-14-44)35(47)42-29-3-2-12-45(23-29)22-26-8-9-38-32(19-26)36(48)41-28-6-4-27(5-7-28)31-20-30-33(43-31)39-24-40-34(30)46-15-17-49-18-16-46/h4-9,19-20,24,29,37H,1-3,10-18,21-23H2,(H,41,48)(H,42,47)(H,39,40,43)/t29-/m1/s1. The summed E-state index contributed by atoms with van der Waals surface area (Å²) in [6, 6.07) is 13.6. The Balaban J connectivity index is 0.932. The molecule has 4 N–H and O–H groups in total. The number of aromatic nitrogens is 4. The van der Waals surface area contributed by atoms with Gasteiger partial charge in [-0.05, 0) is 60.8 Å². The number of piperazine rings is 1. The van der Waals surface area contributed by atoms with Crippen LogP contribution in [0.5, 0.6) is 0 Å². The molecule has 0 radical (unpaired) electrons. The minimum atomic E-state index is -0.266. The van der Waals surface area contributed by atoms with Gasteiger partial charge in [0.2, 0.25) is 5.91 Å². The van der Waals surface area contributed by atoms with Gasteiger partial charge in [0.25, 0.3) is 5.91 Å². The average molecular weight is 665 g/mol. The maximum absolute atomic E-state index is 13.2. The molecule has 0 unspecified atom stereocenters. The highest BCUT2D eigenvalue weighted by atomic mass is 16.5. The largest absolute Gasteiger partial charge is 0.378 e. The molecule has 13 heteroatoms. The van der Waals surface area contributed by atoms with Gasteiger partial charge >= 0.3 is 0 Å². The zero-order chi connectivity index (χ0) is 33.6. The van der Waals surface area contributed by atoms with Crippen LogP contribution < -0.4 is 20.9 Å². The first-order chi connectivity index (χ1) is 24.0. The minimum absolute atomic E-state index is 0.0603. The van der Waals surface area contributed by atoms with Gasteiger partial charge in [-0.3, -0.25) is 24.4 Å². The van der Waals surface area contributed by atoms with Gasteiger partial charge < -0.3 is 30.6 Å². The van der Waals surface area contributed by atoms with E-state index in [1.165, 1.54) is 0 Å². The molecule has 3 fully saturated rings. The second kappa shape index (κ2) is 15.2. The summed E-state index contributed by atoms with van der Waals surface area (Å²) in [7, 11) is 0. The number of ether oxygens (including phenoxy) is 1. The molecule has 0 saturated carbocycles. The first-order valence-electron chi connectivity index (χ1n) is 17.2. The van der Waals surface area contributed by atoms with Crippen molar-refractivity contribution in [3.63, 3.8) is 0 Å². The zero-order valence-corrected chi connectivity index (χ0v) is 27.8. The van der Waals surface area contributed by atoms with E-state index in [0.717, 1.165) is 98.9 Å². The minimum Gasteiger partial charge on any atom is -0.378 e. The van der Waals surface area contributed by atoms with Crippen molar-refractivity contribution in [1.29, 1.82) is 0 Å². The van der Waals surface area contributed by atoms with Gasteiger partial charge in [-0.15, -0.1) is 0 Å². The van der Waals surface area contributed by atoms with Crippen LogP contribution in [-0.2, 0) is 16.1 Å². The Kier molecular flexibility index (Phi) is 10.2. The smallest absolute Gasteiger partial charge is 0.274 e. The molecule has 3 aliphatic rings. The molecule has 4 aromatic rings. The van der Waals surface area contributed by atoms with E-state index in [9.17, 15) is 9.59 Å². The molecular weight excluding hydrogens is 620 g/mol.